The Labute approximate surface area is 147 Å². The largest absolute Gasteiger partial charge is 0.357 e. The third-order valence-corrected chi connectivity index (χ3v) is 5.86. The van der Waals surface area contributed by atoms with Gasteiger partial charge in [0.2, 0.25) is 0 Å². The van der Waals surface area contributed by atoms with Crippen molar-refractivity contribution in [2.24, 2.45) is 10.9 Å². The van der Waals surface area contributed by atoms with Crippen LogP contribution in [0.3, 0.4) is 0 Å². The first-order valence-electron chi connectivity index (χ1n) is 7.28. The van der Waals surface area contributed by atoms with Crippen molar-refractivity contribution < 1.29 is 8.42 Å². The second-order valence-corrected chi connectivity index (χ2v) is 9.23. The Morgan fingerprint density at radius 2 is 1.71 bits per heavy atom. The molecule has 1 unspecified atom stereocenters. The van der Waals surface area contributed by atoms with Gasteiger partial charge in [-0.2, -0.15) is 0 Å². The SMILES string of the molecule is CCNC(=NCCS(=O)(=O)C(C)(C)C)NC(C)C(C)C.I. The van der Waals surface area contributed by atoms with Gasteiger partial charge in [-0.25, -0.2) is 8.42 Å². The maximum atomic E-state index is 12.0. The lowest BCUT2D eigenvalue weighted by molar-refractivity contribution is 0.481. The van der Waals surface area contributed by atoms with E-state index in [2.05, 4.69) is 36.4 Å². The molecule has 0 radical (unpaired) electrons. The van der Waals surface area contributed by atoms with Gasteiger partial charge in [-0.1, -0.05) is 13.8 Å². The van der Waals surface area contributed by atoms with Gasteiger partial charge in [0.05, 0.1) is 17.0 Å². The van der Waals surface area contributed by atoms with Gasteiger partial charge >= 0.3 is 0 Å². The van der Waals surface area contributed by atoms with Crippen molar-refractivity contribution in [3.8, 4) is 0 Å². The molecule has 0 saturated carbocycles. The van der Waals surface area contributed by atoms with Crippen LogP contribution in [-0.2, 0) is 9.84 Å². The van der Waals surface area contributed by atoms with Crippen molar-refractivity contribution >= 4 is 39.8 Å². The summed E-state index contributed by atoms with van der Waals surface area (Å²) in [6, 6.07) is 0.284. The molecule has 0 fully saturated rings. The van der Waals surface area contributed by atoms with Crippen LogP contribution in [0.1, 0.15) is 48.5 Å². The number of aliphatic imine (C=N–C) groups is 1. The minimum atomic E-state index is -3.12. The minimum Gasteiger partial charge on any atom is -0.357 e. The van der Waals surface area contributed by atoms with E-state index in [4.69, 9.17) is 0 Å². The standard InChI is InChI=1S/C14H31N3O2S.HI/c1-8-15-13(17-12(4)11(2)3)16-9-10-20(18,19)14(5,6)7;/h11-12H,8-10H2,1-7H3,(H2,15,16,17);1H. The Morgan fingerprint density at radius 3 is 2.10 bits per heavy atom. The second-order valence-electron chi connectivity index (χ2n) is 6.37. The number of nitrogens with zero attached hydrogens (tertiary/aromatic N) is 1. The Balaban J connectivity index is 0. The van der Waals surface area contributed by atoms with Crippen LogP contribution in [0.4, 0.5) is 0 Å². The molecule has 0 heterocycles. The number of guanidine groups is 1. The highest BCUT2D eigenvalue weighted by Crippen LogP contribution is 2.15. The lowest BCUT2D eigenvalue weighted by Crippen LogP contribution is -2.44. The normalized spacial score (nSPS) is 14.6. The molecule has 7 heteroatoms. The van der Waals surface area contributed by atoms with E-state index in [0.717, 1.165) is 6.54 Å². The molecule has 0 aromatic rings. The number of nitrogens with one attached hydrogen (secondary N) is 2. The molecule has 128 valence electrons. The van der Waals surface area contributed by atoms with Gasteiger partial charge in [-0.3, -0.25) is 4.99 Å². The van der Waals surface area contributed by atoms with Crippen molar-refractivity contribution in [1.82, 2.24) is 10.6 Å². The highest BCUT2D eigenvalue weighted by atomic mass is 127. The fraction of sp³-hybridized carbons (Fsp3) is 0.929. The third-order valence-electron chi connectivity index (χ3n) is 3.27. The van der Waals surface area contributed by atoms with Gasteiger partial charge in [0.25, 0.3) is 0 Å². The van der Waals surface area contributed by atoms with Crippen molar-refractivity contribution in [3.05, 3.63) is 0 Å². The van der Waals surface area contributed by atoms with E-state index >= 15 is 0 Å². The predicted molar refractivity (Wildman–Crippen MR) is 102 cm³/mol. The van der Waals surface area contributed by atoms with Crippen LogP contribution in [0.25, 0.3) is 0 Å². The Morgan fingerprint density at radius 1 is 1.19 bits per heavy atom. The molecule has 0 bridgehead atoms. The van der Waals surface area contributed by atoms with E-state index in [1.54, 1.807) is 20.8 Å². The van der Waals surface area contributed by atoms with Crippen molar-refractivity contribution in [2.75, 3.05) is 18.8 Å². The molecular formula is C14H32IN3O2S. The highest BCUT2D eigenvalue weighted by Gasteiger charge is 2.28. The maximum Gasteiger partial charge on any atom is 0.191 e. The molecule has 0 aliphatic carbocycles. The Hall–Kier alpha value is -0.0500. The molecule has 0 rings (SSSR count). The molecule has 0 spiro atoms. The zero-order chi connectivity index (χ0) is 16.0. The molecular weight excluding hydrogens is 401 g/mol. The van der Waals surface area contributed by atoms with Gasteiger partial charge < -0.3 is 10.6 Å². The summed E-state index contributed by atoms with van der Waals surface area (Å²) in [5.41, 5.74) is 0. The number of rotatable bonds is 6. The van der Waals surface area contributed by atoms with Crippen LogP contribution in [0, 0.1) is 5.92 Å². The fourth-order valence-corrected chi connectivity index (χ4v) is 2.23. The average Bonchev–Trinajstić information content (AvgIpc) is 2.27. The Kier molecular flexibility index (Phi) is 10.9. The van der Waals surface area contributed by atoms with Crippen LogP contribution in [0.2, 0.25) is 0 Å². The van der Waals surface area contributed by atoms with E-state index in [-0.39, 0.29) is 42.3 Å². The molecule has 0 aliphatic rings. The van der Waals surface area contributed by atoms with E-state index in [1.165, 1.54) is 0 Å². The molecule has 0 aromatic carbocycles. The van der Waals surface area contributed by atoms with Crippen LogP contribution < -0.4 is 10.6 Å². The topological polar surface area (TPSA) is 70.6 Å². The van der Waals surface area contributed by atoms with E-state index in [1.807, 2.05) is 6.92 Å². The van der Waals surface area contributed by atoms with Crippen molar-refractivity contribution in [3.63, 3.8) is 0 Å². The summed E-state index contributed by atoms with van der Waals surface area (Å²) in [5.74, 6) is 1.23. The molecule has 0 amide bonds. The summed E-state index contributed by atoms with van der Waals surface area (Å²) in [5, 5.41) is 6.42. The van der Waals surface area contributed by atoms with Gasteiger partial charge in [-0.15, -0.1) is 24.0 Å². The lowest BCUT2D eigenvalue weighted by atomic mass is 10.1. The molecule has 21 heavy (non-hydrogen) atoms. The number of hydrogen-bond acceptors (Lipinski definition) is 3. The number of hydrogen-bond donors (Lipinski definition) is 2. The smallest absolute Gasteiger partial charge is 0.191 e. The van der Waals surface area contributed by atoms with Crippen LogP contribution in [-0.4, -0.2) is 44.0 Å². The molecule has 5 nitrogen and oxygen atoms in total. The van der Waals surface area contributed by atoms with Crippen LogP contribution >= 0.6 is 24.0 Å². The Bertz CT molecular complexity index is 414. The van der Waals surface area contributed by atoms with E-state index < -0.39 is 14.6 Å². The summed E-state index contributed by atoms with van der Waals surface area (Å²) in [6.45, 7) is 14.5. The first kappa shape index (κ1) is 23.2. The lowest BCUT2D eigenvalue weighted by Gasteiger charge is -2.21. The van der Waals surface area contributed by atoms with E-state index in [9.17, 15) is 8.42 Å². The third kappa shape index (κ3) is 8.85. The number of halogens is 1. The zero-order valence-electron chi connectivity index (χ0n) is 14.4. The second kappa shape index (κ2) is 9.86. The van der Waals surface area contributed by atoms with Crippen molar-refractivity contribution in [2.45, 2.75) is 59.3 Å². The quantitative estimate of drug-likeness (QED) is 0.384. The number of sulfone groups is 1. The minimum absolute atomic E-state index is 0. The van der Waals surface area contributed by atoms with Crippen molar-refractivity contribution in [1.29, 1.82) is 0 Å². The van der Waals surface area contributed by atoms with E-state index in [0.29, 0.717) is 11.9 Å². The average molecular weight is 433 g/mol. The summed E-state index contributed by atoms with van der Waals surface area (Å²) >= 11 is 0. The fourth-order valence-electron chi connectivity index (χ4n) is 1.29. The molecule has 2 N–H and O–H groups in total. The van der Waals surface area contributed by atoms with Gasteiger partial charge in [-0.05, 0) is 40.5 Å². The summed E-state index contributed by atoms with van der Waals surface area (Å²) in [4.78, 5) is 4.35. The van der Waals surface area contributed by atoms with Gasteiger partial charge in [0, 0.05) is 12.6 Å². The van der Waals surface area contributed by atoms with Crippen LogP contribution in [0.15, 0.2) is 4.99 Å². The molecule has 0 saturated heterocycles. The zero-order valence-corrected chi connectivity index (χ0v) is 17.5. The summed E-state index contributed by atoms with van der Waals surface area (Å²) in [6.07, 6.45) is 0. The summed E-state index contributed by atoms with van der Waals surface area (Å²) in [7, 11) is -3.12. The van der Waals surface area contributed by atoms with Gasteiger partial charge in [0.15, 0.2) is 15.8 Å². The molecule has 0 aromatic heterocycles. The first-order chi connectivity index (χ1) is 9.01. The predicted octanol–water partition coefficient (Wildman–Crippen LogP) is 2.42. The highest BCUT2D eigenvalue weighted by molar-refractivity contribution is 14.0. The molecule has 0 aliphatic heterocycles. The monoisotopic (exact) mass is 433 g/mol. The van der Waals surface area contributed by atoms with Gasteiger partial charge in [0.1, 0.15) is 0 Å². The molecule has 1 atom stereocenters. The summed E-state index contributed by atoms with van der Waals surface area (Å²) < 4.78 is 23.3. The van der Waals surface area contributed by atoms with Crippen LogP contribution in [0.5, 0.6) is 0 Å². The maximum absolute atomic E-state index is 12.0. The first-order valence-corrected chi connectivity index (χ1v) is 8.93.